The molecule has 6 rings (SSSR count). The van der Waals surface area contributed by atoms with Crippen molar-refractivity contribution in [2.75, 3.05) is 0 Å². The molecule has 0 atom stereocenters. The number of benzene rings is 4. The van der Waals surface area contributed by atoms with Crippen molar-refractivity contribution in [2.45, 2.75) is 26.4 Å². The van der Waals surface area contributed by atoms with Crippen molar-refractivity contribution in [1.29, 1.82) is 0 Å². The maximum Gasteiger partial charge on any atom is 0.163 e. The molecule has 6 aromatic rings. The van der Waals surface area contributed by atoms with Gasteiger partial charge in [-0.2, -0.15) is 0 Å². The van der Waals surface area contributed by atoms with Crippen molar-refractivity contribution >= 4 is 0 Å². The molecule has 0 fully saturated rings. The summed E-state index contributed by atoms with van der Waals surface area (Å²) < 4.78 is 54.8. The van der Waals surface area contributed by atoms with Gasteiger partial charge in [-0.3, -0.25) is 0 Å². The van der Waals surface area contributed by atoms with Crippen molar-refractivity contribution in [3.05, 3.63) is 143 Å². The van der Waals surface area contributed by atoms with Crippen LogP contribution in [0.2, 0.25) is 0 Å². The van der Waals surface area contributed by atoms with E-state index in [1.54, 1.807) is 12.1 Å². The first-order valence-corrected chi connectivity index (χ1v) is 13.5. The molecule has 0 aliphatic carbocycles. The third kappa shape index (κ3) is 7.52. The molecular formula is C34H26F2N2O5. The predicted octanol–water partition coefficient (Wildman–Crippen LogP) is 8.15. The first-order chi connectivity index (χ1) is 21.1. The summed E-state index contributed by atoms with van der Waals surface area (Å²) in [7, 11) is 0. The average molecular weight is 581 g/mol. The highest BCUT2D eigenvalue weighted by Crippen LogP contribution is 2.25. The van der Waals surface area contributed by atoms with Crippen LogP contribution in [0, 0.1) is 11.6 Å². The van der Waals surface area contributed by atoms with Crippen LogP contribution in [0.5, 0.6) is 11.5 Å². The van der Waals surface area contributed by atoms with Gasteiger partial charge in [-0.25, -0.2) is 8.78 Å². The Morgan fingerprint density at radius 1 is 0.512 bits per heavy atom. The van der Waals surface area contributed by atoms with Gasteiger partial charge >= 0.3 is 0 Å². The zero-order valence-corrected chi connectivity index (χ0v) is 22.9. The molecule has 43 heavy (non-hydrogen) atoms. The van der Waals surface area contributed by atoms with Crippen LogP contribution in [0.1, 0.15) is 22.6 Å². The number of nitrogens with zero attached hydrogens (tertiary/aromatic N) is 2. The van der Waals surface area contributed by atoms with E-state index in [0.29, 0.717) is 34.4 Å². The van der Waals surface area contributed by atoms with Gasteiger partial charge in [0.05, 0.1) is 0 Å². The van der Waals surface area contributed by atoms with E-state index in [4.69, 9.17) is 23.3 Å². The normalized spacial score (nSPS) is 11.0. The SMILES string of the molecule is Fc1cccc(COc2ccc(-c3cc(COCc4cc(-c5ccc(OCc6cccc(F)c6)cc5)no4)on3)cc2)c1. The Hall–Kier alpha value is -5.28. The second kappa shape index (κ2) is 13.1. The zero-order valence-electron chi connectivity index (χ0n) is 22.9. The molecule has 0 N–H and O–H groups in total. The number of aromatic nitrogens is 2. The average Bonchev–Trinajstić information content (AvgIpc) is 3.70. The van der Waals surface area contributed by atoms with Gasteiger partial charge in [-0.1, -0.05) is 34.6 Å². The molecule has 7 nitrogen and oxygen atoms in total. The lowest BCUT2D eigenvalue weighted by Crippen LogP contribution is -1.95. The van der Waals surface area contributed by atoms with Crippen molar-refractivity contribution < 1.29 is 32.0 Å². The Morgan fingerprint density at radius 2 is 0.953 bits per heavy atom. The van der Waals surface area contributed by atoms with Gasteiger partial charge in [0.15, 0.2) is 11.5 Å². The molecule has 0 aliphatic rings. The van der Waals surface area contributed by atoms with E-state index in [2.05, 4.69) is 10.3 Å². The fourth-order valence-corrected chi connectivity index (χ4v) is 4.32. The molecule has 0 amide bonds. The van der Waals surface area contributed by atoms with E-state index in [9.17, 15) is 8.78 Å². The van der Waals surface area contributed by atoms with E-state index in [1.807, 2.05) is 72.8 Å². The lowest BCUT2D eigenvalue weighted by Gasteiger charge is -2.06. The predicted molar refractivity (Wildman–Crippen MR) is 154 cm³/mol. The van der Waals surface area contributed by atoms with Gasteiger partial charge < -0.3 is 23.3 Å². The number of halogens is 2. The van der Waals surface area contributed by atoms with Gasteiger partial charge in [0.25, 0.3) is 0 Å². The molecule has 0 saturated heterocycles. The first-order valence-electron chi connectivity index (χ1n) is 13.5. The smallest absolute Gasteiger partial charge is 0.163 e. The summed E-state index contributed by atoms with van der Waals surface area (Å²) in [6.07, 6.45) is 0. The molecule has 0 aliphatic heterocycles. The molecule has 2 aromatic heterocycles. The monoisotopic (exact) mass is 580 g/mol. The fourth-order valence-electron chi connectivity index (χ4n) is 4.32. The van der Waals surface area contributed by atoms with E-state index in [1.165, 1.54) is 24.3 Å². The van der Waals surface area contributed by atoms with Crippen LogP contribution in [0.25, 0.3) is 22.5 Å². The number of hydrogen-bond acceptors (Lipinski definition) is 7. The highest BCUT2D eigenvalue weighted by atomic mass is 19.1. The summed E-state index contributed by atoms with van der Waals surface area (Å²) in [6.45, 7) is 0.954. The minimum atomic E-state index is -0.290. The number of ether oxygens (including phenoxy) is 3. The summed E-state index contributed by atoms with van der Waals surface area (Å²) in [4.78, 5) is 0. The lowest BCUT2D eigenvalue weighted by atomic mass is 10.1. The number of rotatable bonds is 12. The molecule has 2 heterocycles. The minimum Gasteiger partial charge on any atom is -0.489 e. The van der Waals surface area contributed by atoms with Gasteiger partial charge in [-0.05, 0) is 83.9 Å². The maximum absolute atomic E-state index is 13.3. The molecule has 0 bridgehead atoms. The highest BCUT2D eigenvalue weighted by Gasteiger charge is 2.11. The van der Waals surface area contributed by atoms with Crippen molar-refractivity contribution in [3.63, 3.8) is 0 Å². The Labute approximate surface area is 246 Å². The third-order valence-electron chi connectivity index (χ3n) is 6.50. The molecule has 9 heteroatoms. The van der Waals surface area contributed by atoms with Crippen LogP contribution in [0.3, 0.4) is 0 Å². The Balaban J connectivity index is 0.963. The summed E-state index contributed by atoms with van der Waals surface area (Å²) in [6, 6.07) is 31.1. The van der Waals surface area contributed by atoms with Crippen LogP contribution >= 0.6 is 0 Å². The second-order valence-corrected chi connectivity index (χ2v) is 9.74. The Bertz CT molecular complexity index is 1650. The van der Waals surface area contributed by atoms with Crippen molar-refractivity contribution in [1.82, 2.24) is 10.3 Å². The van der Waals surface area contributed by atoms with Crippen LogP contribution in [-0.2, 0) is 31.2 Å². The van der Waals surface area contributed by atoms with E-state index in [-0.39, 0.29) is 38.1 Å². The van der Waals surface area contributed by atoms with E-state index in [0.717, 1.165) is 22.3 Å². The molecule has 216 valence electrons. The fraction of sp³-hybridized carbons (Fsp3) is 0.118. The van der Waals surface area contributed by atoms with Crippen molar-refractivity contribution in [2.24, 2.45) is 0 Å². The second-order valence-electron chi connectivity index (χ2n) is 9.74. The lowest BCUT2D eigenvalue weighted by molar-refractivity contribution is 0.0727. The van der Waals surface area contributed by atoms with E-state index >= 15 is 0 Å². The van der Waals surface area contributed by atoms with Gasteiger partial charge in [0.2, 0.25) is 0 Å². The summed E-state index contributed by atoms with van der Waals surface area (Å²) >= 11 is 0. The molecule has 0 radical (unpaired) electrons. The number of hydrogen-bond donors (Lipinski definition) is 0. The van der Waals surface area contributed by atoms with Crippen molar-refractivity contribution in [3.8, 4) is 34.0 Å². The molecule has 0 saturated carbocycles. The molecular weight excluding hydrogens is 554 g/mol. The van der Waals surface area contributed by atoms with E-state index < -0.39 is 0 Å². The van der Waals surface area contributed by atoms with Crippen LogP contribution in [-0.4, -0.2) is 10.3 Å². The molecule has 0 spiro atoms. The highest BCUT2D eigenvalue weighted by molar-refractivity contribution is 5.60. The summed E-state index contributed by atoms with van der Waals surface area (Å²) in [5.74, 6) is 1.88. The van der Waals surface area contributed by atoms with Crippen LogP contribution in [0.15, 0.2) is 118 Å². The standard InChI is InChI=1S/C34H26F2N2O5/c35-27-5-1-3-23(15-27)19-40-29-11-7-25(8-12-29)33-17-31(42-37-33)21-39-22-32-18-34(38-43-32)26-9-13-30(14-10-26)41-20-24-4-2-6-28(36)16-24/h1-18H,19-22H2. The van der Waals surface area contributed by atoms with Crippen LogP contribution < -0.4 is 9.47 Å². The first kappa shape index (κ1) is 27.9. The summed E-state index contributed by atoms with van der Waals surface area (Å²) in [5, 5.41) is 8.26. The molecule has 0 unspecified atom stereocenters. The Kier molecular flexibility index (Phi) is 8.51. The Morgan fingerprint density at radius 3 is 1.37 bits per heavy atom. The topological polar surface area (TPSA) is 79.8 Å². The quantitative estimate of drug-likeness (QED) is 0.145. The minimum absolute atomic E-state index is 0.204. The van der Waals surface area contributed by atoms with Gasteiger partial charge in [0.1, 0.15) is 60.9 Å². The molecule has 4 aromatic carbocycles. The third-order valence-corrected chi connectivity index (χ3v) is 6.50. The van der Waals surface area contributed by atoms with Gasteiger partial charge in [-0.15, -0.1) is 0 Å². The maximum atomic E-state index is 13.3. The summed E-state index contributed by atoms with van der Waals surface area (Å²) in [5.41, 5.74) is 4.56. The largest absolute Gasteiger partial charge is 0.489 e. The van der Waals surface area contributed by atoms with Gasteiger partial charge in [0, 0.05) is 23.3 Å². The zero-order chi connectivity index (χ0) is 29.4. The van der Waals surface area contributed by atoms with Crippen LogP contribution in [0.4, 0.5) is 8.78 Å².